The molecule has 1 N–H and O–H groups in total. The van der Waals surface area contributed by atoms with Crippen molar-refractivity contribution in [3.8, 4) is 16.3 Å². The van der Waals surface area contributed by atoms with E-state index in [0.717, 1.165) is 0 Å². The number of thiazole rings is 1. The summed E-state index contributed by atoms with van der Waals surface area (Å²) in [5.74, 6) is -0.289. The predicted octanol–water partition coefficient (Wildman–Crippen LogP) is 2.69. The van der Waals surface area contributed by atoms with Crippen LogP contribution in [0.25, 0.3) is 10.6 Å². The third kappa shape index (κ3) is 2.45. The van der Waals surface area contributed by atoms with Crippen molar-refractivity contribution in [1.29, 1.82) is 0 Å². The molecule has 0 atom stereocenters. The zero-order valence-electron chi connectivity index (χ0n) is 9.21. The van der Waals surface area contributed by atoms with Gasteiger partial charge in [-0.15, -0.1) is 11.3 Å². The van der Waals surface area contributed by atoms with Crippen molar-refractivity contribution in [3.63, 3.8) is 0 Å². The van der Waals surface area contributed by atoms with Gasteiger partial charge in [-0.25, -0.2) is 9.78 Å². The molecule has 1 heterocycles. The largest absolute Gasteiger partial charge is 0.507 e. The Hall–Kier alpha value is -1.88. The highest BCUT2D eigenvalue weighted by molar-refractivity contribution is 7.13. The van der Waals surface area contributed by atoms with Gasteiger partial charge in [0.2, 0.25) is 0 Å². The van der Waals surface area contributed by atoms with Gasteiger partial charge in [0.1, 0.15) is 10.8 Å². The van der Waals surface area contributed by atoms with E-state index in [1.807, 2.05) is 0 Å². The zero-order chi connectivity index (χ0) is 12.3. The van der Waals surface area contributed by atoms with Crippen molar-refractivity contribution in [2.45, 2.75) is 6.92 Å². The van der Waals surface area contributed by atoms with Gasteiger partial charge in [-0.2, -0.15) is 0 Å². The van der Waals surface area contributed by atoms with E-state index < -0.39 is 5.97 Å². The molecule has 1 aromatic carbocycles. The Morgan fingerprint density at radius 1 is 1.47 bits per heavy atom. The Morgan fingerprint density at radius 2 is 2.24 bits per heavy atom. The van der Waals surface area contributed by atoms with Gasteiger partial charge in [0, 0.05) is 5.38 Å². The average Bonchev–Trinajstić information content (AvgIpc) is 2.79. The van der Waals surface area contributed by atoms with E-state index in [1.165, 1.54) is 11.3 Å². The number of hydrogen-bond acceptors (Lipinski definition) is 5. The SMILES string of the molecule is CCOC(=O)c1csc(-c2ccccc2O)n1. The molecule has 2 rings (SSSR count). The van der Waals surface area contributed by atoms with Crippen molar-refractivity contribution in [2.24, 2.45) is 0 Å². The first-order valence-electron chi connectivity index (χ1n) is 5.13. The maximum atomic E-state index is 11.4. The number of carbonyl (C=O) groups is 1. The molecule has 0 bridgehead atoms. The van der Waals surface area contributed by atoms with Crippen LogP contribution in [0.5, 0.6) is 5.75 Å². The number of phenols is 1. The maximum absolute atomic E-state index is 11.4. The standard InChI is InChI=1S/C12H11NO3S/c1-2-16-12(15)9-7-17-11(13-9)8-5-3-4-6-10(8)14/h3-7,14H,2H2,1H3. The maximum Gasteiger partial charge on any atom is 0.357 e. The van der Waals surface area contributed by atoms with Gasteiger partial charge in [-0.3, -0.25) is 0 Å². The monoisotopic (exact) mass is 249 g/mol. The van der Waals surface area contributed by atoms with Crippen molar-refractivity contribution < 1.29 is 14.6 Å². The summed E-state index contributed by atoms with van der Waals surface area (Å²) in [4.78, 5) is 15.6. The lowest BCUT2D eigenvalue weighted by Crippen LogP contribution is -2.04. The third-order valence-corrected chi connectivity index (χ3v) is 3.00. The second kappa shape index (κ2) is 4.97. The molecule has 0 unspecified atom stereocenters. The van der Waals surface area contributed by atoms with E-state index >= 15 is 0 Å². The lowest BCUT2D eigenvalue weighted by molar-refractivity contribution is 0.0520. The van der Waals surface area contributed by atoms with E-state index in [1.54, 1.807) is 36.6 Å². The molecule has 88 valence electrons. The fraction of sp³-hybridized carbons (Fsp3) is 0.167. The van der Waals surface area contributed by atoms with Crippen LogP contribution < -0.4 is 0 Å². The Bertz CT molecular complexity index is 536. The van der Waals surface area contributed by atoms with Gasteiger partial charge in [0.25, 0.3) is 0 Å². The summed E-state index contributed by atoms with van der Waals surface area (Å²) < 4.78 is 4.85. The van der Waals surface area contributed by atoms with Crippen molar-refractivity contribution in [2.75, 3.05) is 6.61 Å². The van der Waals surface area contributed by atoms with Crippen LogP contribution in [0.4, 0.5) is 0 Å². The van der Waals surface area contributed by atoms with Crippen LogP contribution in [0.15, 0.2) is 29.6 Å². The molecule has 0 saturated carbocycles. The molecule has 0 aliphatic rings. The van der Waals surface area contributed by atoms with Gasteiger partial charge >= 0.3 is 5.97 Å². The highest BCUT2D eigenvalue weighted by Gasteiger charge is 2.14. The molecule has 2 aromatic rings. The Labute approximate surface area is 103 Å². The first-order chi connectivity index (χ1) is 8.22. The molecule has 0 fully saturated rings. The van der Waals surface area contributed by atoms with Crippen LogP contribution in [-0.2, 0) is 4.74 Å². The number of aromatic nitrogens is 1. The van der Waals surface area contributed by atoms with Crippen LogP contribution >= 0.6 is 11.3 Å². The van der Waals surface area contributed by atoms with Crippen molar-refractivity contribution in [1.82, 2.24) is 4.98 Å². The fourth-order valence-corrected chi connectivity index (χ4v) is 2.17. The Kier molecular flexibility index (Phi) is 3.39. The number of phenolic OH excluding ortho intramolecular Hbond substituents is 1. The van der Waals surface area contributed by atoms with Crippen LogP contribution in [-0.4, -0.2) is 22.7 Å². The summed E-state index contributed by atoms with van der Waals surface area (Å²) in [6, 6.07) is 6.88. The second-order valence-electron chi connectivity index (χ2n) is 3.28. The highest BCUT2D eigenvalue weighted by atomic mass is 32.1. The van der Waals surface area contributed by atoms with Gasteiger partial charge in [0.15, 0.2) is 5.69 Å². The minimum absolute atomic E-state index is 0.150. The van der Waals surface area contributed by atoms with E-state index in [-0.39, 0.29) is 11.4 Å². The Balaban J connectivity index is 2.30. The molecular weight excluding hydrogens is 238 g/mol. The summed E-state index contributed by atoms with van der Waals surface area (Å²) in [7, 11) is 0. The molecule has 0 radical (unpaired) electrons. The molecule has 0 aliphatic heterocycles. The summed E-state index contributed by atoms with van der Waals surface area (Å²) in [5.41, 5.74) is 0.892. The molecule has 0 saturated heterocycles. The quantitative estimate of drug-likeness (QED) is 0.850. The molecular formula is C12H11NO3S. The summed E-state index contributed by atoms with van der Waals surface area (Å²) in [6.07, 6.45) is 0. The second-order valence-corrected chi connectivity index (χ2v) is 4.13. The summed E-state index contributed by atoms with van der Waals surface area (Å²) in [5, 5.41) is 11.9. The number of aromatic hydroxyl groups is 1. The van der Waals surface area contributed by atoms with Crippen molar-refractivity contribution in [3.05, 3.63) is 35.3 Å². The lowest BCUT2D eigenvalue weighted by Gasteiger charge is -1.99. The molecule has 0 spiro atoms. The smallest absolute Gasteiger partial charge is 0.357 e. The summed E-state index contributed by atoms with van der Waals surface area (Å²) >= 11 is 1.30. The first-order valence-corrected chi connectivity index (χ1v) is 6.01. The fourth-order valence-electron chi connectivity index (χ4n) is 1.35. The molecule has 1 aromatic heterocycles. The third-order valence-electron chi connectivity index (χ3n) is 2.12. The number of ether oxygens (including phenoxy) is 1. The van der Waals surface area contributed by atoms with Gasteiger partial charge in [-0.05, 0) is 19.1 Å². The molecule has 5 heteroatoms. The zero-order valence-corrected chi connectivity index (χ0v) is 10.0. The topological polar surface area (TPSA) is 59.4 Å². The number of hydrogen-bond donors (Lipinski definition) is 1. The van der Waals surface area contributed by atoms with Gasteiger partial charge in [-0.1, -0.05) is 12.1 Å². The van der Waals surface area contributed by atoms with Crippen molar-refractivity contribution >= 4 is 17.3 Å². The molecule has 0 aliphatic carbocycles. The molecule has 4 nitrogen and oxygen atoms in total. The van der Waals surface area contributed by atoms with Crippen LogP contribution in [0, 0.1) is 0 Å². The number of benzene rings is 1. The normalized spacial score (nSPS) is 10.2. The number of rotatable bonds is 3. The molecule has 17 heavy (non-hydrogen) atoms. The van der Waals surface area contributed by atoms with Crippen LogP contribution in [0.3, 0.4) is 0 Å². The van der Waals surface area contributed by atoms with E-state index in [9.17, 15) is 9.90 Å². The number of esters is 1. The average molecular weight is 249 g/mol. The number of para-hydroxylation sites is 1. The van der Waals surface area contributed by atoms with E-state index in [2.05, 4.69) is 4.98 Å². The van der Waals surface area contributed by atoms with Gasteiger partial charge in [0.05, 0.1) is 12.2 Å². The lowest BCUT2D eigenvalue weighted by atomic mass is 10.2. The minimum Gasteiger partial charge on any atom is -0.507 e. The number of nitrogens with zero attached hydrogens (tertiary/aromatic N) is 1. The molecule has 0 amide bonds. The highest BCUT2D eigenvalue weighted by Crippen LogP contribution is 2.31. The van der Waals surface area contributed by atoms with E-state index in [4.69, 9.17) is 4.74 Å². The predicted molar refractivity (Wildman–Crippen MR) is 65.2 cm³/mol. The Morgan fingerprint density at radius 3 is 2.94 bits per heavy atom. The first kappa shape index (κ1) is 11.6. The van der Waals surface area contributed by atoms with E-state index in [0.29, 0.717) is 17.2 Å². The minimum atomic E-state index is -0.439. The number of carbonyl (C=O) groups excluding carboxylic acids is 1. The summed E-state index contributed by atoms with van der Waals surface area (Å²) in [6.45, 7) is 2.07. The van der Waals surface area contributed by atoms with Crippen LogP contribution in [0.1, 0.15) is 17.4 Å². The van der Waals surface area contributed by atoms with Gasteiger partial charge < -0.3 is 9.84 Å². The van der Waals surface area contributed by atoms with Crippen LogP contribution in [0.2, 0.25) is 0 Å².